The Balaban J connectivity index is 1.54. The van der Waals surface area contributed by atoms with Crippen molar-refractivity contribution in [2.45, 2.75) is 38.8 Å². The number of amides is 2. The van der Waals surface area contributed by atoms with Gasteiger partial charge < -0.3 is 20.0 Å². The minimum absolute atomic E-state index is 0.111. The van der Waals surface area contributed by atoms with Crippen molar-refractivity contribution in [1.82, 2.24) is 15.1 Å². The van der Waals surface area contributed by atoms with E-state index >= 15 is 0 Å². The lowest BCUT2D eigenvalue weighted by molar-refractivity contribution is 0.172. The number of likely N-dealkylation sites (tertiary alicyclic amines) is 1. The zero-order chi connectivity index (χ0) is 17.1. The average molecular weight is 330 g/mol. The number of piperazine rings is 1. The van der Waals surface area contributed by atoms with Crippen LogP contribution in [0.5, 0.6) is 0 Å². The van der Waals surface area contributed by atoms with Gasteiger partial charge in [-0.25, -0.2) is 4.79 Å². The van der Waals surface area contributed by atoms with Gasteiger partial charge in [0.1, 0.15) is 0 Å². The van der Waals surface area contributed by atoms with Gasteiger partial charge in [-0.3, -0.25) is 0 Å². The number of nitrogens with zero attached hydrogens (tertiary/aromatic N) is 3. The van der Waals surface area contributed by atoms with Crippen LogP contribution < -0.4 is 10.2 Å². The zero-order valence-corrected chi connectivity index (χ0v) is 15.2. The molecule has 2 aliphatic heterocycles. The van der Waals surface area contributed by atoms with Crippen molar-refractivity contribution in [3.05, 3.63) is 29.8 Å². The van der Waals surface area contributed by atoms with Crippen molar-refractivity contribution in [3.8, 4) is 0 Å². The molecule has 0 aliphatic carbocycles. The fourth-order valence-electron chi connectivity index (χ4n) is 3.75. The largest absolute Gasteiger partial charge is 0.365 e. The second kappa shape index (κ2) is 7.43. The van der Waals surface area contributed by atoms with Gasteiger partial charge in [0.25, 0.3) is 0 Å². The van der Waals surface area contributed by atoms with E-state index in [1.165, 1.54) is 11.3 Å². The summed E-state index contributed by atoms with van der Waals surface area (Å²) in [6.45, 7) is 8.94. The van der Waals surface area contributed by atoms with Gasteiger partial charge in [-0.1, -0.05) is 12.1 Å². The van der Waals surface area contributed by atoms with Crippen molar-refractivity contribution in [2.24, 2.45) is 0 Å². The van der Waals surface area contributed by atoms with E-state index in [2.05, 4.69) is 60.3 Å². The number of hydrogen-bond acceptors (Lipinski definition) is 3. The lowest BCUT2D eigenvalue weighted by Gasteiger charge is -2.42. The van der Waals surface area contributed by atoms with Crippen LogP contribution in [0, 0.1) is 6.92 Å². The van der Waals surface area contributed by atoms with E-state index in [4.69, 9.17) is 0 Å². The number of aryl methyl sites for hydroxylation is 1. The molecule has 3 rings (SSSR count). The van der Waals surface area contributed by atoms with E-state index in [1.54, 1.807) is 0 Å². The van der Waals surface area contributed by atoms with Crippen LogP contribution in [0.25, 0.3) is 0 Å². The van der Waals surface area contributed by atoms with Crippen molar-refractivity contribution in [3.63, 3.8) is 0 Å². The number of carbonyl (C=O) groups is 1. The van der Waals surface area contributed by atoms with Gasteiger partial charge in [-0.05, 0) is 64.5 Å². The zero-order valence-electron chi connectivity index (χ0n) is 15.2. The predicted octanol–water partition coefficient (Wildman–Crippen LogP) is 2.31. The maximum Gasteiger partial charge on any atom is 0.317 e. The average Bonchev–Trinajstić information content (AvgIpc) is 2.57. The van der Waals surface area contributed by atoms with E-state index in [1.807, 2.05) is 4.90 Å². The first-order valence-corrected chi connectivity index (χ1v) is 9.10. The van der Waals surface area contributed by atoms with Crippen molar-refractivity contribution >= 4 is 11.7 Å². The highest BCUT2D eigenvalue weighted by molar-refractivity contribution is 5.75. The minimum Gasteiger partial charge on any atom is -0.365 e. The molecule has 1 unspecified atom stereocenters. The quantitative estimate of drug-likeness (QED) is 0.904. The van der Waals surface area contributed by atoms with Crippen LogP contribution in [-0.2, 0) is 0 Å². The summed E-state index contributed by atoms with van der Waals surface area (Å²) < 4.78 is 0. The standard InChI is InChI=1S/C19H30N4O/c1-15-5-4-6-18(13-15)23-12-11-22(14-16(23)2)19(24)20-17-7-9-21(3)10-8-17/h4-6,13,16-17H,7-12,14H2,1-3H3,(H,20,24). The number of piperidine rings is 1. The molecule has 0 bridgehead atoms. The molecular weight excluding hydrogens is 300 g/mol. The van der Waals surface area contributed by atoms with Gasteiger partial charge in [0, 0.05) is 37.4 Å². The van der Waals surface area contributed by atoms with Crippen LogP contribution in [0.15, 0.2) is 24.3 Å². The monoisotopic (exact) mass is 330 g/mol. The molecule has 1 aromatic carbocycles. The van der Waals surface area contributed by atoms with Gasteiger partial charge in [0.05, 0.1) is 0 Å². The lowest BCUT2D eigenvalue weighted by atomic mass is 10.1. The number of benzene rings is 1. The third kappa shape index (κ3) is 4.01. The highest BCUT2D eigenvalue weighted by Crippen LogP contribution is 2.21. The Morgan fingerprint density at radius 3 is 2.58 bits per heavy atom. The lowest BCUT2D eigenvalue weighted by Crippen LogP contribution is -2.57. The first kappa shape index (κ1) is 17.1. The summed E-state index contributed by atoms with van der Waals surface area (Å²) in [5, 5.41) is 3.24. The van der Waals surface area contributed by atoms with Crippen molar-refractivity contribution in [2.75, 3.05) is 44.7 Å². The Morgan fingerprint density at radius 2 is 1.92 bits per heavy atom. The normalized spacial score (nSPS) is 23.4. The third-order valence-electron chi connectivity index (χ3n) is 5.29. The summed E-state index contributed by atoms with van der Waals surface area (Å²) in [4.78, 5) is 19.3. The molecule has 1 aromatic rings. The molecule has 2 fully saturated rings. The molecule has 5 nitrogen and oxygen atoms in total. The van der Waals surface area contributed by atoms with Gasteiger partial charge in [0.2, 0.25) is 0 Å². The molecule has 1 N–H and O–H groups in total. The second-order valence-electron chi connectivity index (χ2n) is 7.35. The van der Waals surface area contributed by atoms with E-state index in [9.17, 15) is 4.79 Å². The number of hydrogen-bond donors (Lipinski definition) is 1. The maximum absolute atomic E-state index is 12.6. The molecule has 0 spiro atoms. The Kier molecular flexibility index (Phi) is 5.29. The number of nitrogens with one attached hydrogen (secondary N) is 1. The Labute approximate surface area is 145 Å². The Morgan fingerprint density at radius 1 is 1.17 bits per heavy atom. The fourth-order valence-corrected chi connectivity index (χ4v) is 3.75. The molecule has 0 radical (unpaired) electrons. The first-order chi connectivity index (χ1) is 11.5. The SMILES string of the molecule is Cc1cccc(N2CCN(C(=O)NC3CCN(C)CC3)CC2C)c1. The van der Waals surface area contributed by atoms with Gasteiger partial charge in [-0.15, -0.1) is 0 Å². The van der Waals surface area contributed by atoms with Gasteiger partial charge in [0.15, 0.2) is 0 Å². The number of urea groups is 1. The van der Waals surface area contributed by atoms with Crippen molar-refractivity contribution in [1.29, 1.82) is 0 Å². The molecule has 5 heteroatoms. The summed E-state index contributed by atoms with van der Waals surface area (Å²) in [5.74, 6) is 0. The second-order valence-corrected chi connectivity index (χ2v) is 7.35. The van der Waals surface area contributed by atoms with Crippen LogP contribution in [0.1, 0.15) is 25.3 Å². The summed E-state index contributed by atoms with van der Waals surface area (Å²) in [6, 6.07) is 9.40. The van der Waals surface area contributed by atoms with E-state index in [0.717, 1.165) is 45.6 Å². The molecule has 0 aromatic heterocycles. The summed E-state index contributed by atoms with van der Waals surface area (Å²) in [5.41, 5.74) is 2.54. The fraction of sp³-hybridized carbons (Fsp3) is 0.632. The third-order valence-corrected chi connectivity index (χ3v) is 5.29. The smallest absolute Gasteiger partial charge is 0.317 e. The van der Waals surface area contributed by atoms with Crippen LogP contribution >= 0.6 is 0 Å². The van der Waals surface area contributed by atoms with Crippen LogP contribution in [0.2, 0.25) is 0 Å². The van der Waals surface area contributed by atoms with E-state index in [0.29, 0.717) is 12.1 Å². The molecular formula is C19H30N4O. The molecule has 2 aliphatic rings. The van der Waals surface area contributed by atoms with Gasteiger partial charge >= 0.3 is 6.03 Å². The molecule has 0 saturated carbocycles. The molecule has 132 valence electrons. The molecule has 1 atom stereocenters. The van der Waals surface area contributed by atoms with Crippen LogP contribution in [-0.4, -0.2) is 67.7 Å². The molecule has 2 heterocycles. The van der Waals surface area contributed by atoms with E-state index in [-0.39, 0.29) is 6.03 Å². The first-order valence-electron chi connectivity index (χ1n) is 9.10. The maximum atomic E-state index is 12.6. The predicted molar refractivity (Wildman–Crippen MR) is 98.6 cm³/mol. The summed E-state index contributed by atoms with van der Waals surface area (Å²) >= 11 is 0. The topological polar surface area (TPSA) is 38.8 Å². The Bertz CT molecular complexity index is 568. The number of anilines is 1. The van der Waals surface area contributed by atoms with Gasteiger partial charge in [-0.2, -0.15) is 0 Å². The minimum atomic E-state index is 0.111. The van der Waals surface area contributed by atoms with Crippen LogP contribution in [0.4, 0.5) is 10.5 Å². The van der Waals surface area contributed by atoms with Crippen molar-refractivity contribution < 1.29 is 4.79 Å². The molecule has 2 amide bonds. The Hall–Kier alpha value is -1.75. The highest BCUT2D eigenvalue weighted by Gasteiger charge is 2.28. The molecule has 2 saturated heterocycles. The molecule has 24 heavy (non-hydrogen) atoms. The highest BCUT2D eigenvalue weighted by atomic mass is 16.2. The van der Waals surface area contributed by atoms with E-state index < -0.39 is 0 Å². The summed E-state index contributed by atoms with van der Waals surface area (Å²) in [6.07, 6.45) is 2.11. The summed E-state index contributed by atoms with van der Waals surface area (Å²) in [7, 11) is 2.14. The number of rotatable bonds is 2. The number of carbonyl (C=O) groups excluding carboxylic acids is 1. The van der Waals surface area contributed by atoms with Crippen LogP contribution in [0.3, 0.4) is 0 Å².